The van der Waals surface area contributed by atoms with Crippen LogP contribution in [0.2, 0.25) is 0 Å². The van der Waals surface area contributed by atoms with Crippen LogP contribution in [0.4, 0.5) is 5.00 Å². The highest BCUT2D eigenvalue weighted by Gasteiger charge is 2.27. The fourth-order valence-electron chi connectivity index (χ4n) is 3.58. The molecule has 0 spiro atoms. The molecule has 1 aromatic carbocycles. The molecule has 2 atom stereocenters. The summed E-state index contributed by atoms with van der Waals surface area (Å²) in [5.41, 5.74) is 2.18. The predicted octanol–water partition coefficient (Wildman–Crippen LogP) is 2.99. The van der Waals surface area contributed by atoms with E-state index >= 15 is 0 Å². The first-order chi connectivity index (χ1) is 13.1. The molecule has 0 radical (unpaired) electrons. The van der Waals surface area contributed by atoms with Gasteiger partial charge in [-0.1, -0.05) is 30.3 Å². The van der Waals surface area contributed by atoms with Crippen LogP contribution < -0.4 is 10.2 Å². The van der Waals surface area contributed by atoms with Crippen LogP contribution in [0, 0.1) is 0 Å². The number of ether oxygens (including phenoxy) is 1. The minimum absolute atomic E-state index is 0.0502. The maximum atomic E-state index is 12.6. The number of thiophene rings is 1. The second-order valence-electron chi connectivity index (χ2n) is 6.97. The second-order valence-corrected chi connectivity index (χ2v) is 7.85. The van der Waals surface area contributed by atoms with Gasteiger partial charge in [-0.2, -0.15) is 0 Å². The fourth-order valence-corrected chi connectivity index (χ4v) is 4.55. The minimum Gasteiger partial charge on any atom is -0.462 e. The van der Waals surface area contributed by atoms with Gasteiger partial charge < -0.3 is 15.0 Å². The van der Waals surface area contributed by atoms with Gasteiger partial charge in [0.25, 0.3) is 5.91 Å². The Bertz CT molecular complexity index is 788. The van der Waals surface area contributed by atoms with Crippen LogP contribution in [0.1, 0.15) is 43.5 Å². The number of nitrogens with one attached hydrogen (secondary N) is 2. The number of esters is 1. The molecule has 1 aromatic heterocycles. The number of carbonyl (C=O) groups is 2. The summed E-state index contributed by atoms with van der Waals surface area (Å²) >= 11 is 1.37. The van der Waals surface area contributed by atoms with E-state index < -0.39 is 5.97 Å². The lowest BCUT2D eigenvalue weighted by Crippen LogP contribution is -3.17. The van der Waals surface area contributed by atoms with E-state index in [-0.39, 0.29) is 5.91 Å². The number of carbonyl (C=O) groups excluding carboxylic acids is 2. The number of rotatable bonds is 6. The molecule has 0 aliphatic carbocycles. The van der Waals surface area contributed by atoms with E-state index in [0.717, 1.165) is 30.5 Å². The van der Waals surface area contributed by atoms with Crippen molar-refractivity contribution in [2.24, 2.45) is 0 Å². The summed E-state index contributed by atoms with van der Waals surface area (Å²) in [5.74, 6) is -0.447. The normalized spacial score (nSPS) is 19.5. The van der Waals surface area contributed by atoms with E-state index in [2.05, 4.69) is 12.2 Å². The van der Waals surface area contributed by atoms with Gasteiger partial charge in [0.05, 0.1) is 19.2 Å². The maximum absolute atomic E-state index is 12.6. The third kappa shape index (κ3) is 4.76. The minimum atomic E-state index is -0.397. The van der Waals surface area contributed by atoms with Gasteiger partial charge >= 0.3 is 5.97 Å². The van der Waals surface area contributed by atoms with Crippen LogP contribution in [0.15, 0.2) is 35.7 Å². The molecule has 6 heteroatoms. The standard InChI is InChI=1S/C21H26N2O3S/c1-3-26-21(25)19-17(16-10-5-4-6-11-16)14-27-20(19)22-18(24)13-23-12-8-7-9-15(23)2/h4-6,10-11,14-15H,3,7-9,12-13H2,1-2H3,(H,22,24)/p+1/t15-/m0/s1. The Morgan fingerprint density at radius 3 is 2.74 bits per heavy atom. The van der Waals surface area contributed by atoms with Crippen LogP contribution >= 0.6 is 11.3 Å². The van der Waals surface area contributed by atoms with Crippen LogP contribution in [0.5, 0.6) is 0 Å². The van der Waals surface area contributed by atoms with Gasteiger partial charge in [-0.15, -0.1) is 11.3 Å². The summed E-state index contributed by atoms with van der Waals surface area (Å²) in [6.45, 7) is 5.74. The molecule has 0 saturated carbocycles. The molecule has 1 aliphatic rings. The first-order valence-electron chi connectivity index (χ1n) is 9.58. The molecular weight excluding hydrogens is 360 g/mol. The molecule has 2 N–H and O–H groups in total. The summed E-state index contributed by atoms with van der Waals surface area (Å²) < 4.78 is 5.25. The number of benzene rings is 1. The zero-order chi connectivity index (χ0) is 19.2. The Morgan fingerprint density at radius 1 is 1.26 bits per heavy atom. The smallest absolute Gasteiger partial charge is 0.341 e. The lowest BCUT2D eigenvalue weighted by atomic mass is 10.0. The van der Waals surface area contributed by atoms with E-state index in [0.29, 0.717) is 29.8 Å². The van der Waals surface area contributed by atoms with Crippen molar-refractivity contribution in [1.29, 1.82) is 0 Å². The molecular formula is C21H27N2O3S+. The van der Waals surface area contributed by atoms with Crippen molar-refractivity contribution in [3.05, 3.63) is 41.3 Å². The van der Waals surface area contributed by atoms with Crippen molar-refractivity contribution < 1.29 is 19.2 Å². The predicted molar refractivity (Wildman–Crippen MR) is 108 cm³/mol. The van der Waals surface area contributed by atoms with Crippen molar-refractivity contribution in [2.45, 2.75) is 39.2 Å². The number of hydrogen-bond donors (Lipinski definition) is 2. The number of anilines is 1. The van der Waals surface area contributed by atoms with E-state index in [1.54, 1.807) is 6.92 Å². The molecule has 5 nitrogen and oxygen atoms in total. The van der Waals surface area contributed by atoms with Crippen LogP contribution in [0.25, 0.3) is 11.1 Å². The molecule has 2 heterocycles. The van der Waals surface area contributed by atoms with Crippen molar-refractivity contribution in [2.75, 3.05) is 25.0 Å². The van der Waals surface area contributed by atoms with Crippen molar-refractivity contribution in [1.82, 2.24) is 0 Å². The number of quaternary nitrogens is 1. The molecule has 1 aliphatic heterocycles. The summed E-state index contributed by atoms with van der Waals surface area (Å²) in [6.07, 6.45) is 3.57. The second kappa shape index (κ2) is 9.15. The topological polar surface area (TPSA) is 59.8 Å². The Kier molecular flexibility index (Phi) is 6.63. The zero-order valence-corrected chi connectivity index (χ0v) is 16.7. The summed E-state index contributed by atoms with van der Waals surface area (Å²) in [6, 6.07) is 10.2. The molecule has 2 aromatic rings. The zero-order valence-electron chi connectivity index (χ0n) is 15.9. The largest absolute Gasteiger partial charge is 0.462 e. The third-order valence-electron chi connectivity index (χ3n) is 5.08. The van der Waals surface area contributed by atoms with Crippen molar-refractivity contribution in [3.8, 4) is 11.1 Å². The number of piperidine rings is 1. The molecule has 1 unspecified atom stereocenters. The molecule has 1 fully saturated rings. The third-order valence-corrected chi connectivity index (χ3v) is 5.97. The van der Waals surface area contributed by atoms with E-state index in [9.17, 15) is 9.59 Å². The lowest BCUT2D eigenvalue weighted by Gasteiger charge is -2.29. The summed E-state index contributed by atoms with van der Waals surface area (Å²) in [7, 11) is 0. The highest BCUT2D eigenvalue weighted by atomic mass is 32.1. The average molecular weight is 388 g/mol. The number of amides is 1. The monoisotopic (exact) mass is 387 g/mol. The Balaban J connectivity index is 1.81. The van der Waals surface area contributed by atoms with Gasteiger partial charge in [0.1, 0.15) is 10.6 Å². The average Bonchev–Trinajstić information content (AvgIpc) is 3.08. The lowest BCUT2D eigenvalue weighted by molar-refractivity contribution is -0.920. The molecule has 144 valence electrons. The van der Waals surface area contributed by atoms with Crippen LogP contribution in [-0.4, -0.2) is 37.6 Å². The van der Waals surface area contributed by atoms with Gasteiger partial charge in [0.15, 0.2) is 6.54 Å². The first-order valence-corrected chi connectivity index (χ1v) is 10.5. The van der Waals surface area contributed by atoms with Gasteiger partial charge in [-0.3, -0.25) is 4.79 Å². The van der Waals surface area contributed by atoms with Gasteiger partial charge in [0, 0.05) is 10.9 Å². The Labute approximate surface area is 164 Å². The fraction of sp³-hybridized carbons (Fsp3) is 0.429. The van der Waals surface area contributed by atoms with Crippen molar-refractivity contribution >= 4 is 28.2 Å². The van der Waals surface area contributed by atoms with E-state index in [4.69, 9.17) is 4.74 Å². The SMILES string of the molecule is CCOC(=O)c1c(-c2ccccc2)csc1NC(=O)C[NH+]1CCCC[C@@H]1C. The van der Waals surface area contributed by atoms with E-state index in [1.165, 1.54) is 22.7 Å². The van der Waals surface area contributed by atoms with Gasteiger partial charge in [-0.05, 0) is 38.7 Å². The Morgan fingerprint density at radius 2 is 2.04 bits per heavy atom. The summed E-state index contributed by atoms with van der Waals surface area (Å²) in [4.78, 5) is 26.5. The molecule has 0 bridgehead atoms. The molecule has 1 amide bonds. The van der Waals surface area contributed by atoms with Gasteiger partial charge in [0.2, 0.25) is 0 Å². The molecule has 27 heavy (non-hydrogen) atoms. The number of hydrogen-bond acceptors (Lipinski definition) is 4. The molecule has 1 saturated heterocycles. The van der Waals surface area contributed by atoms with Gasteiger partial charge in [-0.25, -0.2) is 4.79 Å². The quantitative estimate of drug-likeness (QED) is 0.749. The maximum Gasteiger partial charge on any atom is 0.341 e. The first kappa shape index (κ1) is 19.6. The highest BCUT2D eigenvalue weighted by Crippen LogP contribution is 2.36. The van der Waals surface area contributed by atoms with Crippen LogP contribution in [-0.2, 0) is 9.53 Å². The van der Waals surface area contributed by atoms with Crippen molar-refractivity contribution in [3.63, 3.8) is 0 Å². The molecule has 3 rings (SSSR count). The highest BCUT2D eigenvalue weighted by molar-refractivity contribution is 7.15. The number of likely N-dealkylation sites (tertiary alicyclic amines) is 1. The summed E-state index contributed by atoms with van der Waals surface area (Å²) in [5, 5.41) is 5.45. The van der Waals surface area contributed by atoms with E-state index in [1.807, 2.05) is 35.7 Å². The van der Waals surface area contributed by atoms with Crippen LogP contribution in [0.3, 0.4) is 0 Å². The Hall–Kier alpha value is -2.18.